The molecule has 0 radical (unpaired) electrons. The normalized spacial score (nSPS) is 17.4. The third-order valence-electron chi connectivity index (χ3n) is 5.60. The fourth-order valence-corrected chi connectivity index (χ4v) is 4.25. The molecule has 1 saturated heterocycles. The lowest BCUT2D eigenvalue weighted by Gasteiger charge is -2.33. The first-order chi connectivity index (χ1) is 13.0. The maximum Gasteiger partial charge on any atom is 0.260 e. The van der Waals surface area contributed by atoms with E-state index in [0.717, 1.165) is 43.4 Å². The van der Waals surface area contributed by atoms with Crippen molar-refractivity contribution in [1.82, 2.24) is 14.5 Å². The average molecular weight is 363 g/mol. The number of amides is 1. The van der Waals surface area contributed by atoms with Crippen LogP contribution in [0.3, 0.4) is 0 Å². The highest BCUT2D eigenvalue weighted by Gasteiger charge is 2.27. The van der Waals surface area contributed by atoms with E-state index in [4.69, 9.17) is 0 Å². The number of hydrogen-bond acceptors (Lipinski definition) is 2. The Morgan fingerprint density at radius 2 is 2.04 bits per heavy atom. The molecule has 3 aromatic rings. The van der Waals surface area contributed by atoms with E-state index in [0.29, 0.717) is 16.9 Å². The Morgan fingerprint density at radius 1 is 1.26 bits per heavy atom. The number of hydrogen-bond donors (Lipinski definition) is 1. The second-order valence-electron chi connectivity index (χ2n) is 7.63. The number of carbonyl (C=O) groups is 1. The molecule has 0 bridgehead atoms. The van der Waals surface area contributed by atoms with Gasteiger partial charge in [-0.3, -0.25) is 9.59 Å². The van der Waals surface area contributed by atoms with E-state index in [9.17, 15) is 9.59 Å². The monoisotopic (exact) mass is 363 g/mol. The number of benzene rings is 1. The number of aryl methyl sites for hydroxylation is 2. The van der Waals surface area contributed by atoms with Gasteiger partial charge in [0.05, 0.1) is 16.5 Å². The number of rotatable bonds is 3. The second kappa shape index (κ2) is 7.06. The first-order valence-electron chi connectivity index (χ1n) is 9.55. The smallest absolute Gasteiger partial charge is 0.260 e. The molecule has 1 aromatic carbocycles. The Morgan fingerprint density at radius 3 is 2.81 bits per heavy atom. The summed E-state index contributed by atoms with van der Waals surface area (Å²) in [6.07, 6.45) is 6.61. The van der Waals surface area contributed by atoms with Crippen LogP contribution in [0.1, 0.15) is 34.3 Å². The quantitative estimate of drug-likeness (QED) is 0.776. The number of piperidine rings is 1. The Hall–Kier alpha value is -2.82. The molecule has 5 nitrogen and oxygen atoms in total. The predicted molar refractivity (Wildman–Crippen MR) is 107 cm³/mol. The van der Waals surface area contributed by atoms with Gasteiger partial charge in [-0.2, -0.15) is 0 Å². The molecule has 5 heteroatoms. The third kappa shape index (κ3) is 3.29. The van der Waals surface area contributed by atoms with Gasteiger partial charge in [0.2, 0.25) is 0 Å². The van der Waals surface area contributed by atoms with Gasteiger partial charge in [0.25, 0.3) is 11.5 Å². The first kappa shape index (κ1) is 17.6. The van der Waals surface area contributed by atoms with Crippen LogP contribution in [0.4, 0.5) is 0 Å². The molecule has 1 atom stereocenters. The van der Waals surface area contributed by atoms with Gasteiger partial charge in [-0.15, -0.1) is 0 Å². The van der Waals surface area contributed by atoms with Gasteiger partial charge in [-0.1, -0.05) is 30.3 Å². The fraction of sp³-hybridized carbons (Fsp3) is 0.364. The summed E-state index contributed by atoms with van der Waals surface area (Å²) >= 11 is 0. The van der Waals surface area contributed by atoms with Crippen LogP contribution < -0.4 is 5.56 Å². The molecule has 1 unspecified atom stereocenters. The van der Waals surface area contributed by atoms with Crippen molar-refractivity contribution in [3.05, 3.63) is 69.8 Å². The van der Waals surface area contributed by atoms with Crippen LogP contribution in [-0.2, 0) is 13.5 Å². The number of aromatic nitrogens is 2. The predicted octanol–water partition coefficient (Wildman–Crippen LogP) is 3.27. The number of aromatic amines is 1. The van der Waals surface area contributed by atoms with E-state index in [2.05, 4.69) is 29.2 Å². The molecule has 0 saturated carbocycles. The fourth-order valence-electron chi connectivity index (χ4n) is 4.25. The van der Waals surface area contributed by atoms with Gasteiger partial charge in [-0.25, -0.2) is 0 Å². The maximum absolute atomic E-state index is 13.2. The standard InChI is InChI=1S/C22H25N3O2/c1-15-13-24(2)22(27)19-18(12-23-20(15)19)21(26)25-10-6-9-17(14-25)11-16-7-4-3-5-8-16/h3-5,7-8,12-13,17,23H,6,9-11,14H2,1-2H3. The summed E-state index contributed by atoms with van der Waals surface area (Å²) in [6, 6.07) is 10.4. The second-order valence-corrected chi connectivity index (χ2v) is 7.63. The van der Waals surface area contributed by atoms with Crippen LogP contribution in [-0.4, -0.2) is 33.4 Å². The Bertz CT molecular complexity index is 1030. The zero-order valence-electron chi connectivity index (χ0n) is 15.9. The van der Waals surface area contributed by atoms with Crippen LogP contribution in [0, 0.1) is 12.8 Å². The zero-order valence-corrected chi connectivity index (χ0v) is 15.9. The van der Waals surface area contributed by atoms with Crippen LogP contribution in [0.15, 0.2) is 47.5 Å². The van der Waals surface area contributed by atoms with Gasteiger partial charge in [0.15, 0.2) is 0 Å². The first-order valence-corrected chi connectivity index (χ1v) is 9.55. The highest BCUT2D eigenvalue weighted by Crippen LogP contribution is 2.25. The van der Waals surface area contributed by atoms with Crippen molar-refractivity contribution >= 4 is 16.8 Å². The number of carbonyl (C=O) groups excluding carboxylic acids is 1. The minimum atomic E-state index is -0.127. The number of H-pyrrole nitrogens is 1. The summed E-state index contributed by atoms with van der Waals surface area (Å²) in [5, 5.41) is 0.507. The maximum atomic E-state index is 13.2. The largest absolute Gasteiger partial charge is 0.360 e. The van der Waals surface area contributed by atoms with Crippen LogP contribution in [0.25, 0.3) is 10.9 Å². The topological polar surface area (TPSA) is 58.1 Å². The van der Waals surface area contributed by atoms with E-state index < -0.39 is 0 Å². The van der Waals surface area contributed by atoms with Gasteiger partial charge in [0.1, 0.15) is 0 Å². The molecule has 1 N–H and O–H groups in total. The van der Waals surface area contributed by atoms with Crippen molar-refractivity contribution in [2.24, 2.45) is 13.0 Å². The molecule has 2 aromatic heterocycles. The SMILES string of the molecule is Cc1cn(C)c(=O)c2c(C(=O)N3CCCC(Cc4ccccc4)C3)c[nH]c12. The summed E-state index contributed by atoms with van der Waals surface area (Å²) in [5.74, 6) is 0.418. The lowest BCUT2D eigenvalue weighted by molar-refractivity contribution is 0.0675. The number of likely N-dealkylation sites (tertiary alicyclic amines) is 1. The number of fused-ring (bicyclic) bond motifs is 1. The van der Waals surface area contributed by atoms with Crippen molar-refractivity contribution in [1.29, 1.82) is 0 Å². The van der Waals surface area contributed by atoms with E-state index in [1.165, 1.54) is 5.56 Å². The molecule has 3 heterocycles. The summed E-state index contributed by atoms with van der Waals surface area (Å²) in [5.41, 5.74) is 3.41. The van der Waals surface area contributed by atoms with Crippen LogP contribution in [0.5, 0.6) is 0 Å². The van der Waals surface area contributed by atoms with Crippen molar-refractivity contribution in [3.63, 3.8) is 0 Å². The zero-order chi connectivity index (χ0) is 19.0. The summed E-state index contributed by atoms with van der Waals surface area (Å²) in [6.45, 7) is 3.44. The highest BCUT2D eigenvalue weighted by atomic mass is 16.2. The highest BCUT2D eigenvalue weighted by molar-refractivity contribution is 6.07. The third-order valence-corrected chi connectivity index (χ3v) is 5.60. The summed E-state index contributed by atoms with van der Waals surface area (Å²) in [7, 11) is 1.73. The van der Waals surface area contributed by atoms with E-state index >= 15 is 0 Å². The summed E-state index contributed by atoms with van der Waals surface area (Å²) in [4.78, 5) is 30.9. The van der Waals surface area contributed by atoms with Crippen molar-refractivity contribution < 1.29 is 4.79 Å². The van der Waals surface area contributed by atoms with Gasteiger partial charge in [0, 0.05) is 32.5 Å². The molecule has 27 heavy (non-hydrogen) atoms. The Kier molecular flexibility index (Phi) is 4.60. The van der Waals surface area contributed by atoms with E-state index in [1.807, 2.05) is 17.9 Å². The molecule has 1 aliphatic heterocycles. The number of nitrogens with zero attached hydrogens (tertiary/aromatic N) is 2. The molecule has 140 valence electrons. The van der Waals surface area contributed by atoms with Gasteiger partial charge in [-0.05, 0) is 43.2 Å². The van der Waals surface area contributed by atoms with E-state index in [1.54, 1.807) is 24.0 Å². The molecule has 4 rings (SSSR count). The average Bonchev–Trinajstić information content (AvgIpc) is 3.12. The molecular formula is C22H25N3O2. The van der Waals surface area contributed by atoms with Crippen molar-refractivity contribution in [3.8, 4) is 0 Å². The molecule has 0 aliphatic carbocycles. The lowest BCUT2D eigenvalue weighted by Crippen LogP contribution is -2.40. The summed E-state index contributed by atoms with van der Waals surface area (Å²) < 4.78 is 1.55. The number of nitrogens with one attached hydrogen (secondary N) is 1. The van der Waals surface area contributed by atoms with Crippen molar-refractivity contribution in [2.75, 3.05) is 13.1 Å². The van der Waals surface area contributed by atoms with Crippen molar-refractivity contribution in [2.45, 2.75) is 26.2 Å². The molecule has 1 aliphatic rings. The molecule has 1 amide bonds. The Balaban J connectivity index is 1.59. The number of pyridine rings is 1. The molecular weight excluding hydrogens is 338 g/mol. The molecule has 0 spiro atoms. The lowest BCUT2D eigenvalue weighted by atomic mass is 9.91. The van der Waals surface area contributed by atoms with Gasteiger partial charge >= 0.3 is 0 Å². The van der Waals surface area contributed by atoms with E-state index in [-0.39, 0.29) is 11.5 Å². The van der Waals surface area contributed by atoms with Crippen LogP contribution in [0.2, 0.25) is 0 Å². The Labute approximate surface area is 158 Å². The minimum Gasteiger partial charge on any atom is -0.360 e. The minimum absolute atomic E-state index is 0.0401. The van der Waals surface area contributed by atoms with Gasteiger partial charge < -0.3 is 14.5 Å². The molecule has 1 fully saturated rings. The van der Waals surface area contributed by atoms with Crippen LogP contribution >= 0.6 is 0 Å².